The summed E-state index contributed by atoms with van der Waals surface area (Å²) in [5.41, 5.74) is 8.00. The molecule has 0 aliphatic rings. The molecule has 22 valence electrons. The molecule has 0 aliphatic carbocycles. The van der Waals surface area contributed by atoms with Gasteiger partial charge in [0, 0.05) is 0 Å². The van der Waals surface area contributed by atoms with Crippen molar-refractivity contribution >= 4 is 16.0 Å². The Bertz CT molecular complexity index is 11.5. The van der Waals surface area contributed by atoms with Crippen molar-refractivity contribution in [3.8, 4) is 0 Å². The molecule has 2 nitrogen and oxygen atoms in total. The second-order valence-corrected chi connectivity index (χ2v) is 0. The Morgan fingerprint density at radius 1 is 0.833 bits per heavy atom. The summed E-state index contributed by atoms with van der Waals surface area (Å²) in [4.78, 5) is 0. The van der Waals surface area contributed by atoms with E-state index >= 15 is 0 Å². The van der Waals surface area contributed by atoms with E-state index in [0.29, 0.717) is 0 Å². The van der Waals surface area contributed by atoms with Crippen LogP contribution in [0.1, 0.15) is 0 Å². The van der Waals surface area contributed by atoms with Gasteiger partial charge in [-0.3, -0.25) is 0 Å². The molecule has 0 saturated heterocycles. The molecule has 0 saturated carbocycles. The average Bonchev–Trinajstić information content (AvgIpc) is 1.50. The molecule has 0 aliphatic heterocycles. The number of hydrogen-bond donors (Lipinski definition) is 2. The van der Waals surface area contributed by atoms with Crippen LogP contribution in [0.3, 0.4) is 0 Å². The molecule has 6 heavy (non-hydrogen) atoms. The van der Waals surface area contributed by atoms with Gasteiger partial charge in [-0.1, -0.05) is 0 Å². The van der Waals surface area contributed by atoms with Gasteiger partial charge in [-0.05, 0) is 0 Å². The van der Waals surface area contributed by atoms with E-state index in [-0.39, 0.29) is 48.4 Å². The molecule has 0 bridgehead atoms. The minimum atomic E-state index is 0. The van der Waals surface area contributed by atoms with E-state index < -0.39 is 0 Å². The van der Waals surface area contributed by atoms with Gasteiger partial charge in [0.1, 0.15) is 0 Å². The maximum absolute atomic E-state index is 4.00. The van der Waals surface area contributed by atoms with Gasteiger partial charge < -0.3 is 27.3 Å². The number of nitrogens with two attached hydrogens (primary N) is 2. The summed E-state index contributed by atoms with van der Waals surface area (Å²) in [5.74, 6) is 0. The van der Waals surface area contributed by atoms with Gasteiger partial charge in [0.15, 0.2) is 0 Å². The number of hydrogen-bond acceptors (Lipinski definition) is 2. The van der Waals surface area contributed by atoms with Gasteiger partial charge in [-0.25, -0.2) is 0 Å². The predicted molar refractivity (Wildman–Crippen MR) is 19.9 cm³/mol. The summed E-state index contributed by atoms with van der Waals surface area (Å²) in [6.45, 7) is 0. The Kier molecular flexibility index (Phi) is 331. The van der Waals surface area contributed by atoms with Crippen LogP contribution in [0.5, 0.6) is 0 Å². The molecule has 0 atom stereocenters. The van der Waals surface area contributed by atoms with E-state index in [2.05, 4.69) is 27.3 Å². The third-order valence-corrected chi connectivity index (χ3v) is 0. The Labute approximate surface area is 75.1 Å². The fourth-order valence-corrected chi connectivity index (χ4v) is 0. The summed E-state index contributed by atoms with van der Waals surface area (Å²) in [7, 11) is 8.00. The molecule has 0 amide bonds. The maximum Gasteiger partial charge on any atom is 1.00 e. The molecule has 0 heterocycles. The van der Waals surface area contributed by atoms with Crippen LogP contribution < -0.4 is 59.7 Å². The van der Waals surface area contributed by atoms with Crippen molar-refractivity contribution in [1.29, 1.82) is 0 Å². The minimum absolute atomic E-state index is 0. The van der Waals surface area contributed by atoms with Gasteiger partial charge in [0.05, 0.1) is 0 Å². The molecule has 0 aromatic heterocycles. The second-order valence-electron chi connectivity index (χ2n) is 0. The summed E-state index contributed by atoms with van der Waals surface area (Å²) in [6, 6.07) is 0. The van der Waals surface area contributed by atoms with E-state index in [1.54, 1.807) is 0 Å². The van der Waals surface area contributed by atoms with Crippen molar-refractivity contribution in [3.05, 3.63) is 0 Å². The first-order chi connectivity index (χ1) is 2.00. The van der Waals surface area contributed by atoms with Crippen molar-refractivity contribution in [2.24, 2.45) is 11.3 Å². The molecule has 6 radical (unpaired) electrons. The molecule has 0 rings (SSSR count). The molecule has 0 aromatic carbocycles. The van der Waals surface area contributed by atoms with Gasteiger partial charge in [0.25, 0.3) is 0 Å². The fraction of sp³-hybridized carbons (Fsp3) is 0. The van der Waals surface area contributed by atoms with E-state index in [1.807, 2.05) is 0 Å². The largest absolute Gasteiger partial charge is 1.00 e. The predicted octanol–water partition coefficient (Wildman–Crippen LogP) is -7.93. The Morgan fingerprint density at radius 3 is 0.833 bits per heavy atom. The first-order valence-electron chi connectivity index (χ1n) is 0.667. The maximum atomic E-state index is 4.00. The van der Waals surface area contributed by atoms with E-state index in [4.69, 9.17) is 0 Å². The monoisotopic (exact) mass is 84.1 g/mol. The van der Waals surface area contributed by atoms with Crippen LogP contribution >= 0.6 is 0 Å². The topological polar surface area (TPSA) is 52.0 Å². The van der Waals surface area contributed by atoms with Crippen molar-refractivity contribution in [2.75, 3.05) is 0 Å². The smallest absolute Gasteiger partial charge is 0.605 e. The Morgan fingerprint density at radius 2 is 0.833 bits per heavy atom. The standard InChI is InChI=1S/2BH2N.Li.Na/c2*1-2;;/h2*2H2;;/q2*-1;2*+1. The van der Waals surface area contributed by atoms with E-state index in [9.17, 15) is 0 Å². The summed E-state index contributed by atoms with van der Waals surface area (Å²) in [6.07, 6.45) is 0. The third kappa shape index (κ3) is 44.9. The van der Waals surface area contributed by atoms with E-state index in [0.717, 1.165) is 0 Å². The molecule has 0 fully saturated rings. The van der Waals surface area contributed by atoms with Crippen molar-refractivity contribution in [1.82, 2.24) is 0 Å². The summed E-state index contributed by atoms with van der Waals surface area (Å²) < 4.78 is 0. The van der Waals surface area contributed by atoms with E-state index in [1.165, 1.54) is 0 Å². The summed E-state index contributed by atoms with van der Waals surface area (Å²) >= 11 is 0. The van der Waals surface area contributed by atoms with Crippen molar-refractivity contribution < 1.29 is 48.4 Å². The minimum Gasteiger partial charge on any atom is -0.605 e. The van der Waals surface area contributed by atoms with Crippen LogP contribution in [0.15, 0.2) is 0 Å². The Hall–Kier alpha value is 1.65. The molecule has 0 aromatic rings. The molecular formula is H4B2LiN2Na. The van der Waals surface area contributed by atoms with Gasteiger partial charge in [0.2, 0.25) is 0 Å². The zero-order valence-corrected chi connectivity index (χ0v) is 6.31. The summed E-state index contributed by atoms with van der Waals surface area (Å²) in [5, 5.41) is 0. The van der Waals surface area contributed by atoms with Crippen LogP contribution in [0, 0.1) is 0 Å². The second kappa shape index (κ2) is 78.1. The van der Waals surface area contributed by atoms with Gasteiger partial charge >= 0.3 is 48.4 Å². The zero-order chi connectivity index (χ0) is 4.00. The van der Waals surface area contributed by atoms with Gasteiger partial charge in [-0.15, -0.1) is 0 Å². The van der Waals surface area contributed by atoms with Crippen LogP contribution in [0.2, 0.25) is 0 Å². The fourth-order valence-electron chi connectivity index (χ4n) is 0. The molecule has 6 heteroatoms. The normalized spacial score (nSPS) is 2.00. The zero-order valence-electron chi connectivity index (χ0n) is 4.31. The average molecular weight is 83.6 g/mol. The molecular weight excluding hydrogens is 79.6 g/mol. The SMILES string of the molecule is [B-]N.[B-]N.[Li+].[Na+]. The molecule has 4 N–H and O–H groups in total. The van der Waals surface area contributed by atoms with Crippen LogP contribution in [-0.2, 0) is 0 Å². The van der Waals surface area contributed by atoms with Crippen molar-refractivity contribution in [2.45, 2.75) is 0 Å². The quantitative estimate of drug-likeness (QED) is 0.286. The van der Waals surface area contributed by atoms with Gasteiger partial charge in [-0.2, -0.15) is 0 Å². The Balaban J connectivity index is -0.00000000500. The van der Waals surface area contributed by atoms with Crippen LogP contribution in [-0.4, -0.2) is 16.0 Å². The van der Waals surface area contributed by atoms with Crippen LogP contribution in [0.4, 0.5) is 0 Å². The van der Waals surface area contributed by atoms with Crippen LogP contribution in [0.25, 0.3) is 0 Å². The number of rotatable bonds is 0. The first kappa shape index (κ1) is 25.4. The molecule has 0 unspecified atom stereocenters. The van der Waals surface area contributed by atoms with Crippen molar-refractivity contribution in [3.63, 3.8) is 0 Å². The molecule has 0 spiro atoms. The third-order valence-electron chi connectivity index (χ3n) is 0. The first-order valence-corrected chi connectivity index (χ1v) is 0.667.